The van der Waals surface area contributed by atoms with Gasteiger partial charge in [-0.15, -0.1) is 0 Å². The molecule has 2 N–H and O–H groups in total. The predicted molar refractivity (Wildman–Crippen MR) is 169 cm³/mol. The van der Waals surface area contributed by atoms with E-state index >= 15 is 0 Å². The first kappa shape index (κ1) is 29.1. The van der Waals surface area contributed by atoms with E-state index in [1.54, 1.807) is 12.1 Å². The molecule has 0 aromatic heterocycles. The minimum atomic E-state index is -0.510. The van der Waals surface area contributed by atoms with Crippen LogP contribution in [-0.4, -0.2) is 60.1 Å². The van der Waals surface area contributed by atoms with Gasteiger partial charge in [0.15, 0.2) is 5.11 Å². The largest absolute Gasteiger partial charge is 0.371 e. The number of hydrogen-bond donors (Lipinski definition) is 2. The van der Waals surface area contributed by atoms with Crippen molar-refractivity contribution in [1.29, 1.82) is 0 Å². The van der Waals surface area contributed by atoms with Crippen LogP contribution in [0.3, 0.4) is 0 Å². The lowest BCUT2D eigenvalue weighted by molar-refractivity contribution is -0.384. The molecule has 0 atom stereocenters. The SMILES string of the molecule is O=C(NC(=S)Nc1ccc(N2CCN(Cc3ccccc3Cl)CC2)c(Cl)c1)c1cc([N+](=O)[O-])ccc1N1CCCC1. The third-order valence-corrected chi connectivity index (χ3v) is 8.26. The summed E-state index contributed by atoms with van der Waals surface area (Å²) in [7, 11) is 0. The van der Waals surface area contributed by atoms with Gasteiger partial charge in [-0.2, -0.15) is 0 Å². The number of piperazine rings is 1. The average molecular weight is 614 g/mol. The maximum absolute atomic E-state index is 13.2. The van der Waals surface area contributed by atoms with Gasteiger partial charge < -0.3 is 15.1 Å². The van der Waals surface area contributed by atoms with Crippen molar-refractivity contribution >= 4 is 69.2 Å². The van der Waals surface area contributed by atoms with Crippen molar-refractivity contribution in [2.75, 3.05) is 54.4 Å². The van der Waals surface area contributed by atoms with Crippen molar-refractivity contribution in [2.45, 2.75) is 19.4 Å². The number of nitrogens with one attached hydrogen (secondary N) is 2. The van der Waals surface area contributed by atoms with E-state index in [9.17, 15) is 14.9 Å². The molecule has 214 valence electrons. The summed E-state index contributed by atoms with van der Waals surface area (Å²) in [4.78, 5) is 30.7. The highest BCUT2D eigenvalue weighted by molar-refractivity contribution is 7.80. The fraction of sp³-hybridized carbons (Fsp3) is 0.310. The molecule has 2 aliphatic heterocycles. The number of carbonyl (C=O) groups excluding carboxylic acids is 1. The van der Waals surface area contributed by atoms with Gasteiger partial charge in [0.25, 0.3) is 11.6 Å². The first-order chi connectivity index (χ1) is 19.8. The number of benzene rings is 3. The van der Waals surface area contributed by atoms with Crippen molar-refractivity contribution in [3.8, 4) is 0 Å². The topological polar surface area (TPSA) is 94.0 Å². The van der Waals surface area contributed by atoms with Crippen molar-refractivity contribution in [3.05, 3.63) is 92.0 Å². The van der Waals surface area contributed by atoms with E-state index in [2.05, 4.69) is 31.4 Å². The van der Waals surface area contributed by atoms with Crippen LogP contribution in [0.5, 0.6) is 0 Å². The molecule has 12 heteroatoms. The van der Waals surface area contributed by atoms with E-state index in [4.69, 9.17) is 35.4 Å². The fourth-order valence-electron chi connectivity index (χ4n) is 5.24. The summed E-state index contributed by atoms with van der Waals surface area (Å²) in [6.07, 6.45) is 2.01. The van der Waals surface area contributed by atoms with Crippen molar-refractivity contribution in [3.63, 3.8) is 0 Å². The maximum atomic E-state index is 13.2. The van der Waals surface area contributed by atoms with E-state index in [0.717, 1.165) is 74.9 Å². The van der Waals surface area contributed by atoms with Gasteiger partial charge in [-0.3, -0.25) is 25.1 Å². The number of nitrogens with zero attached hydrogens (tertiary/aromatic N) is 4. The third-order valence-electron chi connectivity index (χ3n) is 7.38. The van der Waals surface area contributed by atoms with E-state index in [-0.39, 0.29) is 16.4 Å². The van der Waals surface area contributed by atoms with Gasteiger partial charge in [0, 0.05) is 68.7 Å². The lowest BCUT2D eigenvalue weighted by Crippen LogP contribution is -2.46. The number of anilines is 3. The van der Waals surface area contributed by atoms with E-state index < -0.39 is 10.8 Å². The summed E-state index contributed by atoms with van der Waals surface area (Å²) in [5.41, 5.74) is 3.40. The van der Waals surface area contributed by atoms with Crippen LogP contribution in [0.1, 0.15) is 28.8 Å². The van der Waals surface area contributed by atoms with Gasteiger partial charge in [-0.05, 0) is 61.0 Å². The molecule has 0 radical (unpaired) electrons. The van der Waals surface area contributed by atoms with Crippen LogP contribution in [0, 0.1) is 10.1 Å². The van der Waals surface area contributed by atoms with Gasteiger partial charge in [-0.1, -0.05) is 41.4 Å². The Morgan fingerprint density at radius 3 is 2.24 bits per heavy atom. The second-order valence-electron chi connectivity index (χ2n) is 10.1. The third kappa shape index (κ3) is 7.08. The Morgan fingerprint density at radius 1 is 0.878 bits per heavy atom. The molecule has 1 amide bonds. The molecule has 0 unspecified atom stereocenters. The first-order valence-electron chi connectivity index (χ1n) is 13.4. The summed E-state index contributed by atoms with van der Waals surface area (Å²) >= 11 is 18.4. The molecular weight excluding hydrogens is 583 g/mol. The van der Waals surface area contributed by atoms with Crippen LogP contribution in [0.2, 0.25) is 10.0 Å². The fourth-order valence-corrected chi connectivity index (χ4v) is 5.95. The van der Waals surface area contributed by atoms with Crippen molar-refractivity contribution < 1.29 is 9.72 Å². The summed E-state index contributed by atoms with van der Waals surface area (Å²) in [6.45, 7) is 5.82. The van der Waals surface area contributed by atoms with E-state index in [1.807, 2.05) is 30.3 Å². The zero-order valence-electron chi connectivity index (χ0n) is 22.3. The molecule has 0 aliphatic carbocycles. The summed E-state index contributed by atoms with van der Waals surface area (Å²) < 4.78 is 0. The lowest BCUT2D eigenvalue weighted by atomic mass is 10.1. The quantitative estimate of drug-likeness (QED) is 0.192. The molecular formula is C29H30Cl2N6O3S. The number of nitro benzene ring substituents is 1. The summed E-state index contributed by atoms with van der Waals surface area (Å²) in [5.74, 6) is -0.509. The lowest BCUT2D eigenvalue weighted by Gasteiger charge is -2.36. The molecule has 0 bridgehead atoms. The molecule has 2 aliphatic rings. The van der Waals surface area contributed by atoms with Gasteiger partial charge in [0.2, 0.25) is 0 Å². The molecule has 9 nitrogen and oxygen atoms in total. The second-order valence-corrected chi connectivity index (χ2v) is 11.3. The average Bonchev–Trinajstić information content (AvgIpc) is 3.49. The minimum Gasteiger partial charge on any atom is -0.371 e. The number of nitro groups is 1. The molecule has 3 aromatic rings. The van der Waals surface area contributed by atoms with E-state index in [1.165, 1.54) is 12.1 Å². The number of halogens is 2. The highest BCUT2D eigenvalue weighted by atomic mass is 35.5. The molecule has 41 heavy (non-hydrogen) atoms. The Hall–Kier alpha value is -3.44. The highest BCUT2D eigenvalue weighted by Crippen LogP contribution is 2.31. The summed E-state index contributed by atoms with van der Waals surface area (Å²) in [5, 5.41) is 18.4. The highest BCUT2D eigenvalue weighted by Gasteiger charge is 2.24. The molecule has 3 aromatic carbocycles. The van der Waals surface area contributed by atoms with Crippen LogP contribution in [0.25, 0.3) is 0 Å². The zero-order chi connectivity index (χ0) is 28.9. The predicted octanol–water partition coefficient (Wildman–Crippen LogP) is 5.95. The Kier molecular flexibility index (Phi) is 9.24. The van der Waals surface area contributed by atoms with Gasteiger partial charge in [-0.25, -0.2) is 0 Å². The van der Waals surface area contributed by atoms with Crippen molar-refractivity contribution in [1.82, 2.24) is 10.2 Å². The number of rotatable bonds is 7. The molecule has 5 rings (SSSR count). The molecule has 2 heterocycles. The van der Waals surface area contributed by atoms with E-state index in [0.29, 0.717) is 16.4 Å². The Balaban J connectivity index is 1.19. The number of carbonyl (C=O) groups is 1. The smallest absolute Gasteiger partial charge is 0.270 e. The van der Waals surface area contributed by atoms with Gasteiger partial charge in [0.1, 0.15) is 0 Å². The Morgan fingerprint density at radius 2 is 1.56 bits per heavy atom. The number of amides is 1. The number of thiocarbonyl (C=S) groups is 1. The van der Waals surface area contributed by atoms with Crippen LogP contribution < -0.4 is 20.4 Å². The monoisotopic (exact) mass is 612 g/mol. The van der Waals surface area contributed by atoms with Crippen LogP contribution in [0.4, 0.5) is 22.7 Å². The normalized spacial score (nSPS) is 15.6. The Bertz CT molecular complexity index is 1460. The van der Waals surface area contributed by atoms with Crippen LogP contribution >= 0.6 is 35.4 Å². The Labute approximate surface area is 254 Å². The molecule has 0 spiro atoms. The zero-order valence-corrected chi connectivity index (χ0v) is 24.6. The van der Waals surface area contributed by atoms with Crippen molar-refractivity contribution in [2.24, 2.45) is 0 Å². The van der Waals surface area contributed by atoms with Crippen LogP contribution in [0.15, 0.2) is 60.7 Å². The summed E-state index contributed by atoms with van der Waals surface area (Å²) in [6, 6.07) is 17.8. The van der Waals surface area contributed by atoms with Crippen LogP contribution in [-0.2, 0) is 6.54 Å². The number of non-ortho nitro benzene ring substituents is 1. The van der Waals surface area contributed by atoms with Gasteiger partial charge >= 0.3 is 0 Å². The molecule has 2 saturated heterocycles. The maximum Gasteiger partial charge on any atom is 0.270 e. The van der Waals surface area contributed by atoms with Gasteiger partial charge in [0.05, 0.1) is 26.9 Å². The standard InChI is InChI=1S/C29H30Cl2N6O3S/c30-24-6-2-1-5-20(24)19-34-13-15-36(16-14-34)27-9-7-21(17-25(27)31)32-29(41)33-28(38)23-18-22(37(39)40)8-10-26(23)35-11-3-4-12-35/h1-2,5-10,17-18H,3-4,11-16,19H2,(H2,32,33,38,41). The molecule has 0 saturated carbocycles. The molecule has 2 fully saturated rings. The second kappa shape index (κ2) is 13.0. The number of hydrogen-bond acceptors (Lipinski definition) is 7. The minimum absolute atomic E-state index is 0.0749. The first-order valence-corrected chi connectivity index (χ1v) is 14.6.